The first-order valence-corrected chi connectivity index (χ1v) is 13.3. The Labute approximate surface area is 233 Å². The molecule has 0 amide bonds. The second-order valence-electron chi connectivity index (χ2n) is 10.6. The highest BCUT2D eigenvalue weighted by molar-refractivity contribution is 5.94. The minimum absolute atomic E-state index is 0.323. The third kappa shape index (κ3) is 3.83. The van der Waals surface area contributed by atoms with Crippen LogP contribution in [0.15, 0.2) is 115 Å². The lowest BCUT2D eigenvalue weighted by Crippen LogP contribution is -2.24. The Morgan fingerprint density at radius 3 is 2.23 bits per heavy atom. The lowest BCUT2D eigenvalue weighted by atomic mass is 9.75. The van der Waals surface area contributed by atoms with Crippen molar-refractivity contribution < 1.29 is 4.74 Å². The molecule has 0 radical (unpaired) electrons. The van der Waals surface area contributed by atoms with Crippen molar-refractivity contribution in [2.75, 3.05) is 0 Å². The molecule has 0 saturated carbocycles. The number of nitrogens with zero attached hydrogens (tertiary/aromatic N) is 3. The molecule has 190 valence electrons. The number of benzene rings is 5. The molecule has 0 unspecified atom stereocenters. The number of hydrogen-bond donors (Lipinski definition) is 0. The van der Waals surface area contributed by atoms with Crippen LogP contribution in [-0.4, -0.2) is 9.97 Å². The van der Waals surface area contributed by atoms with Crippen molar-refractivity contribution in [3.05, 3.63) is 132 Å². The molecule has 0 fully saturated rings. The van der Waals surface area contributed by atoms with E-state index in [1.54, 1.807) is 0 Å². The fourth-order valence-corrected chi connectivity index (χ4v) is 5.66. The summed E-state index contributed by atoms with van der Waals surface area (Å²) in [5.74, 6) is 2.03. The van der Waals surface area contributed by atoms with Gasteiger partial charge < -0.3 is 4.74 Å². The number of fused-ring (bicyclic) bond motifs is 3. The molecule has 2 heterocycles. The van der Waals surface area contributed by atoms with Gasteiger partial charge in [-0.2, -0.15) is 5.26 Å². The van der Waals surface area contributed by atoms with E-state index in [2.05, 4.69) is 68.4 Å². The summed E-state index contributed by atoms with van der Waals surface area (Å²) < 4.78 is 6.27. The summed E-state index contributed by atoms with van der Waals surface area (Å²) in [6.45, 7) is 4.37. The van der Waals surface area contributed by atoms with Crippen LogP contribution in [-0.2, 0) is 5.41 Å². The molecule has 1 aliphatic heterocycles. The number of aromatic nitrogens is 2. The summed E-state index contributed by atoms with van der Waals surface area (Å²) in [5, 5.41) is 11.2. The standard InChI is InChI=1S/C36H25N3O/c1-36(2)29-16-7-9-18-32(29)40-33-20-26(22-37)28(21-30(33)36)35-38-31-17-8-6-15-27(31)34(39-35)25-14-10-13-24(19-25)23-11-4-3-5-12-23/h3-21H,1-2H3. The van der Waals surface area contributed by atoms with Gasteiger partial charge in [-0.15, -0.1) is 0 Å². The average molecular weight is 516 g/mol. The monoisotopic (exact) mass is 515 g/mol. The largest absolute Gasteiger partial charge is 0.457 e. The summed E-state index contributed by atoms with van der Waals surface area (Å²) >= 11 is 0. The van der Waals surface area contributed by atoms with E-state index in [1.165, 1.54) is 0 Å². The minimum Gasteiger partial charge on any atom is -0.457 e. The first-order valence-electron chi connectivity index (χ1n) is 13.3. The molecule has 0 bridgehead atoms. The lowest BCUT2D eigenvalue weighted by Gasteiger charge is -2.34. The number of rotatable bonds is 3. The molecule has 5 aromatic carbocycles. The third-order valence-electron chi connectivity index (χ3n) is 7.78. The van der Waals surface area contributed by atoms with Gasteiger partial charge in [-0.05, 0) is 41.5 Å². The highest BCUT2D eigenvalue weighted by Gasteiger charge is 2.35. The quantitative estimate of drug-likeness (QED) is 0.236. The number of hydrogen-bond acceptors (Lipinski definition) is 4. The van der Waals surface area contributed by atoms with E-state index in [0.29, 0.717) is 22.7 Å². The highest BCUT2D eigenvalue weighted by atomic mass is 16.5. The molecule has 40 heavy (non-hydrogen) atoms. The molecule has 0 N–H and O–H groups in total. The first-order chi connectivity index (χ1) is 19.5. The molecule has 1 aliphatic rings. The van der Waals surface area contributed by atoms with Gasteiger partial charge >= 0.3 is 0 Å². The van der Waals surface area contributed by atoms with Crippen LogP contribution in [0, 0.1) is 11.3 Å². The van der Waals surface area contributed by atoms with Gasteiger partial charge in [0.25, 0.3) is 0 Å². The van der Waals surface area contributed by atoms with E-state index in [9.17, 15) is 5.26 Å². The summed E-state index contributed by atoms with van der Waals surface area (Å²) in [6, 6.07) is 41.1. The Morgan fingerprint density at radius 2 is 1.38 bits per heavy atom. The smallest absolute Gasteiger partial charge is 0.161 e. The summed E-state index contributed by atoms with van der Waals surface area (Å²) in [4.78, 5) is 10.1. The van der Waals surface area contributed by atoms with E-state index in [4.69, 9.17) is 14.7 Å². The van der Waals surface area contributed by atoms with Crippen LogP contribution in [0.2, 0.25) is 0 Å². The van der Waals surface area contributed by atoms with E-state index in [-0.39, 0.29) is 5.41 Å². The Morgan fingerprint density at radius 1 is 0.650 bits per heavy atom. The molecule has 6 aromatic rings. The third-order valence-corrected chi connectivity index (χ3v) is 7.78. The Hall–Kier alpha value is -5.27. The maximum absolute atomic E-state index is 10.2. The normalized spacial score (nSPS) is 13.1. The van der Waals surface area contributed by atoms with Gasteiger partial charge in [-0.3, -0.25) is 0 Å². The summed E-state index contributed by atoms with van der Waals surface area (Å²) in [7, 11) is 0. The van der Waals surface area contributed by atoms with Crippen molar-refractivity contribution in [3.63, 3.8) is 0 Å². The van der Waals surface area contributed by atoms with Gasteiger partial charge in [0.1, 0.15) is 17.6 Å². The molecule has 1 aromatic heterocycles. The van der Waals surface area contributed by atoms with E-state index in [0.717, 1.165) is 50.2 Å². The topological polar surface area (TPSA) is 58.8 Å². The Balaban J connectivity index is 1.44. The molecule has 0 atom stereocenters. The lowest BCUT2D eigenvalue weighted by molar-refractivity contribution is 0.418. The minimum atomic E-state index is -0.323. The summed E-state index contributed by atoms with van der Waals surface area (Å²) in [5.41, 5.74) is 7.89. The van der Waals surface area contributed by atoms with Crippen molar-refractivity contribution in [1.29, 1.82) is 5.26 Å². The number of nitriles is 1. The fourth-order valence-electron chi connectivity index (χ4n) is 5.66. The van der Waals surface area contributed by atoms with Crippen LogP contribution >= 0.6 is 0 Å². The van der Waals surface area contributed by atoms with E-state index < -0.39 is 0 Å². The van der Waals surface area contributed by atoms with Gasteiger partial charge in [-0.1, -0.05) is 98.8 Å². The maximum Gasteiger partial charge on any atom is 0.161 e. The predicted molar refractivity (Wildman–Crippen MR) is 159 cm³/mol. The molecule has 0 aliphatic carbocycles. The van der Waals surface area contributed by atoms with Gasteiger partial charge in [0.15, 0.2) is 5.82 Å². The Kier molecular flexibility index (Phi) is 5.47. The van der Waals surface area contributed by atoms with Crippen LogP contribution in [0.3, 0.4) is 0 Å². The second-order valence-corrected chi connectivity index (χ2v) is 10.6. The zero-order valence-electron chi connectivity index (χ0n) is 22.2. The number of ether oxygens (including phenoxy) is 1. The van der Waals surface area contributed by atoms with Crippen LogP contribution < -0.4 is 4.74 Å². The molecule has 4 heteroatoms. The van der Waals surface area contributed by atoms with Crippen LogP contribution in [0.5, 0.6) is 11.5 Å². The molecule has 0 saturated heterocycles. The zero-order chi connectivity index (χ0) is 27.3. The summed E-state index contributed by atoms with van der Waals surface area (Å²) in [6.07, 6.45) is 0. The van der Waals surface area contributed by atoms with Gasteiger partial charge in [0, 0.05) is 33.1 Å². The highest BCUT2D eigenvalue weighted by Crippen LogP contribution is 2.49. The fraction of sp³-hybridized carbons (Fsp3) is 0.0833. The van der Waals surface area contributed by atoms with Crippen molar-refractivity contribution >= 4 is 10.9 Å². The van der Waals surface area contributed by atoms with Crippen molar-refractivity contribution in [2.45, 2.75) is 19.3 Å². The molecule has 4 nitrogen and oxygen atoms in total. The van der Waals surface area contributed by atoms with Crippen molar-refractivity contribution in [3.8, 4) is 51.3 Å². The first kappa shape index (κ1) is 23.8. The Bertz CT molecular complexity index is 1970. The average Bonchev–Trinajstić information content (AvgIpc) is 3.00. The van der Waals surface area contributed by atoms with Crippen molar-refractivity contribution in [2.24, 2.45) is 0 Å². The molecule has 0 spiro atoms. The predicted octanol–water partition coefficient (Wildman–Crippen LogP) is 8.93. The maximum atomic E-state index is 10.2. The van der Waals surface area contributed by atoms with Gasteiger partial charge in [0.05, 0.1) is 16.8 Å². The van der Waals surface area contributed by atoms with Crippen LogP contribution in [0.1, 0.15) is 30.5 Å². The number of para-hydroxylation sites is 2. The van der Waals surface area contributed by atoms with E-state index in [1.807, 2.05) is 66.7 Å². The second kappa shape index (κ2) is 9.18. The SMILES string of the molecule is CC1(C)c2ccccc2Oc2cc(C#N)c(-c3nc(-c4cccc(-c5ccccc5)c4)c4ccccc4n3)cc21. The molecular formula is C36H25N3O. The molecule has 7 rings (SSSR count). The van der Waals surface area contributed by atoms with Crippen LogP contribution in [0.4, 0.5) is 0 Å². The van der Waals surface area contributed by atoms with Gasteiger partial charge in [0.2, 0.25) is 0 Å². The zero-order valence-corrected chi connectivity index (χ0v) is 22.2. The van der Waals surface area contributed by atoms with E-state index >= 15 is 0 Å². The van der Waals surface area contributed by atoms with Crippen LogP contribution in [0.25, 0.3) is 44.7 Å². The van der Waals surface area contributed by atoms with Crippen molar-refractivity contribution in [1.82, 2.24) is 9.97 Å². The van der Waals surface area contributed by atoms with Gasteiger partial charge in [-0.25, -0.2) is 9.97 Å². The molecular weight excluding hydrogens is 490 g/mol.